The molecule has 224 valence electrons. The van der Waals surface area contributed by atoms with E-state index >= 15 is 0 Å². The number of nitrogens with zero attached hydrogens (tertiary/aromatic N) is 4. The number of imidazole rings is 1. The number of aromatic nitrogens is 6. The lowest BCUT2D eigenvalue weighted by molar-refractivity contribution is -0.116. The topological polar surface area (TPSA) is 158 Å². The molecule has 13 heteroatoms. The maximum atomic E-state index is 14.7. The smallest absolute Gasteiger partial charge is 0.224 e. The second-order valence-electron chi connectivity index (χ2n) is 11.0. The molecule has 0 spiro atoms. The van der Waals surface area contributed by atoms with Gasteiger partial charge in [-0.2, -0.15) is 5.10 Å². The van der Waals surface area contributed by atoms with Crippen LogP contribution in [0.3, 0.4) is 0 Å². The Kier molecular flexibility index (Phi) is 7.89. The molecule has 1 amide bonds. The predicted molar refractivity (Wildman–Crippen MR) is 168 cm³/mol. The molecule has 0 aliphatic carbocycles. The van der Waals surface area contributed by atoms with Gasteiger partial charge in [0.1, 0.15) is 11.5 Å². The number of hydrogen-bond acceptors (Lipinski definition) is 7. The van der Waals surface area contributed by atoms with Crippen molar-refractivity contribution in [2.24, 2.45) is 5.92 Å². The number of thiol groups is 1. The number of aromatic amines is 2. The highest BCUT2D eigenvalue weighted by Crippen LogP contribution is 2.34. The molecule has 1 atom stereocenters. The fraction of sp³-hybridized carbons (Fsp3) is 0.194. The van der Waals surface area contributed by atoms with Crippen LogP contribution in [0.15, 0.2) is 67.3 Å². The van der Waals surface area contributed by atoms with E-state index in [9.17, 15) is 17.6 Å². The average Bonchev–Trinajstić information content (AvgIpc) is 3.60. The van der Waals surface area contributed by atoms with Crippen LogP contribution in [-0.2, 0) is 15.7 Å². The van der Waals surface area contributed by atoms with Crippen LogP contribution in [0, 0.1) is 11.7 Å². The molecule has 0 bridgehead atoms. The Morgan fingerprint density at radius 1 is 0.932 bits per heavy atom. The van der Waals surface area contributed by atoms with Crippen LogP contribution < -0.4 is 10.0 Å². The van der Waals surface area contributed by atoms with Gasteiger partial charge in [0, 0.05) is 41.4 Å². The first-order valence-corrected chi connectivity index (χ1v) is 15.1. The van der Waals surface area contributed by atoms with Gasteiger partial charge in [-0.25, -0.2) is 22.5 Å². The lowest BCUT2D eigenvalue weighted by Crippen LogP contribution is -2.16. The number of H-pyrrole nitrogens is 2. The number of anilines is 1. The third-order valence-electron chi connectivity index (χ3n) is 7.16. The molecule has 4 heterocycles. The van der Waals surface area contributed by atoms with E-state index in [0.29, 0.717) is 51.4 Å². The molecule has 0 saturated heterocycles. The summed E-state index contributed by atoms with van der Waals surface area (Å²) in [6.07, 6.45) is 7.00. The van der Waals surface area contributed by atoms with Crippen LogP contribution in [0.1, 0.15) is 38.8 Å². The molecule has 0 saturated carbocycles. The number of pyridine rings is 2. The second-order valence-corrected chi connectivity index (χ2v) is 11.8. The molecule has 6 aromatic rings. The van der Waals surface area contributed by atoms with Crippen LogP contribution in [-0.4, -0.2) is 44.5 Å². The number of fused-ring (bicyclic) bond motifs is 2. The van der Waals surface area contributed by atoms with E-state index in [1.54, 1.807) is 37.8 Å². The lowest BCUT2D eigenvalue weighted by atomic mass is 10.0. The number of carbonyl (C=O) groups excluding carboxylic acids is 1. The van der Waals surface area contributed by atoms with Gasteiger partial charge in [-0.05, 0) is 65.9 Å². The summed E-state index contributed by atoms with van der Waals surface area (Å²) in [7, 11) is -2.86. The molecule has 0 aliphatic heterocycles. The predicted octanol–water partition coefficient (Wildman–Crippen LogP) is 5.53. The first-order valence-electron chi connectivity index (χ1n) is 13.9. The molecule has 6 rings (SSSR count). The quantitative estimate of drug-likeness (QED) is 0.134. The van der Waals surface area contributed by atoms with Crippen molar-refractivity contribution in [1.29, 1.82) is 0 Å². The van der Waals surface area contributed by atoms with Crippen LogP contribution in [0.5, 0.6) is 0 Å². The maximum Gasteiger partial charge on any atom is 0.224 e. The zero-order valence-electron chi connectivity index (χ0n) is 24.1. The number of benzene rings is 2. The van der Waals surface area contributed by atoms with Crippen molar-refractivity contribution in [3.05, 3.63) is 78.6 Å². The third-order valence-corrected chi connectivity index (χ3v) is 7.76. The fourth-order valence-electron chi connectivity index (χ4n) is 5.13. The minimum Gasteiger partial charge on any atom is -0.335 e. The molecular formula is C31H29FN8O3S. The maximum absolute atomic E-state index is 14.7. The number of rotatable bonds is 9. The molecule has 0 radical (unpaired) electrons. The molecule has 0 aliphatic rings. The van der Waals surface area contributed by atoms with E-state index in [4.69, 9.17) is 4.98 Å². The molecule has 11 nitrogen and oxygen atoms in total. The Bertz CT molecular complexity index is 2100. The first-order chi connectivity index (χ1) is 21.1. The Morgan fingerprint density at radius 2 is 1.75 bits per heavy atom. The number of nitrogens with one attached hydrogen (secondary N) is 4. The van der Waals surface area contributed by atoms with E-state index in [0.717, 1.165) is 22.0 Å². The molecule has 44 heavy (non-hydrogen) atoms. The minimum atomic E-state index is -2.86. The lowest BCUT2D eigenvalue weighted by Gasteiger charge is -2.12. The number of halogens is 1. The number of amides is 1. The summed E-state index contributed by atoms with van der Waals surface area (Å²) in [6, 6.07) is 11.5. The summed E-state index contributed by atoms with van der Waals surface area (Å²) < 4.78 is 39.4. The summed E-state index contributed by atoms with van der Waals surface area (Å²) >= 11 is 0. The van der Waals surface area contributed by atoms with Crippen molar-refractivity contribution < 1.29 is 17.6 Å². The Hall–Kier alpha value is -5.01. The minimum absolute atomic E-state index is 0.0646. The van der Waals surface area contributed by atoms with E-state index < -0.39 is 22.7 Å². The Morgan fingerprint density at radius 3 is 2.55 bits per heavy atom. The zero-order chi connectivity index (χ0) is 31.0. The van der Waals surface area contributed by atoms with Crippen LogP contribution in [0.25, 0.3) is 55.7 Å². The van der Waals surface area contributed by atoms with Gasteiger partial charge >= 0.3 is 0 Å². The highest BCUT2D eigenvalue weighted by Gasteiger charge is 2.18. The molecule has 2 aromatic carbocycles. The second kappa shape index (κ2) is 11.9. The van der Waals surface area contributed by atoms with Gasteiger partial charge in [-0.15, -0.1) is 0 Å². The van der Waals surface area contributed by atoms with Crippen LogP contribution in [0.2, 0.25) is 0 Å². The average molecular weight is 613 g/mol. The van der Waals surface area contributed by atoms with E-state index in [2.05, 4.69) is 35.2 Å². The van der Waals surface area contributed by atoms with E-state index in [1.807, 2.05) is 38.1 Å². The first kappa shape index (κ1) is 29.1. The van der Waals surface area contributed by atoms with Crippen molar-refractivity contribution in [3.63, 3.8) is 0 Å². The molecule has 0 fully saturated rings. The van der Waals surface area contributed by atoms with E-state index in [1.165, 1.54) is 12.1 Å². The molecule has 4 N–H and O–H groups in total. The summed E-state index contributed by atoms with van der Waals surface area (Å²) in [6.45, 7) is 5.62. The van der Waals surface area contributed by atoms with Gasteiger partial charge in [0.15, 0.2) is 5.82 Å². The number of hydrogen-bond donors (Lipinski definition) is 5. The van der Waals surface area contributed by atoms with Crippen molar-refractivity contribution in [2.45, 2.75) is 33.2 Å². The van der Waals surface area contributed by atoms with Crippen molar-refractivity contribution in [2.75, 3.05) is 5.32 Å². The summed E-state index contributed by atoms with van der Waals surface area (Å²) in [5, 5.41) is 11.3. The number of carbonyl (C=O) groups is 1. The van der Waals surface area contributed by atoms with E-state index in [-0.39, 0.29) is 11.8 Å². The molecule has 1 unspecified atom stereocenters. The third kappa shape index (κ3) is 6.05. The van der Waals surface area contributed by atoms with Crippen molar-refractivity contribution in [1.82, 2.24) is 34.9 Å². The highest BCUT2D eigenvalue weighted by atomic mass is 32.2. The molecular weight excluding hydrogens is 583 g/mol. The van der Waals surface area contributed by atoms with Gasteiger partial charge in [-0.1, -0.05) is 19.9 Å². The van der Waals surface area contributed by atoms with Gasteiger partial charge in [0.2, 0.25) is 16.8 Å². The van der Waals surface area contributed by atoms with Crippen molar-refractivity contribution >= 4 is 44.4 Å². The normalized spacial score (nSPS) is 12.4. The summed E-state index contributed by atoms with van der Waals surface area (Å²) in [4.78, 5) is 29.1. The largest absolute Gasteiger partial charge is 0.335 e. The fourth-order valence-corrected chi connectivity index (χ4v) is 5.60. The van der Waals surface area contributed by atoms with Gasteiger partial charge in [0.25, 0.3) is 0 Å². The van der Waals surface area contributed by atoms with Gasteiger partial charge in [-0.3, -0.25) is 19.9 Å². The van der Waals surface area contributed by atoms with Crippen LogP contribution in [0.4, 0.5) is 10.1 Å². The monoisotopic (exact) mass is 612 g/mol. The SMILES string of the molecule is CC(C)CC(=O)Nc1cncc(-c2ccc3[nH]nc(-c4nc5c(-c6cc(F)cc(C(C)N[SH](=O)=O)c6)cncc5[nH]4)c3c2)c1. The molecule has 4 aromatic heterocycles. The standard InChI is InChI=1S/C31H29FN8O3S/c1-16(2)6-28(41)35-23-10-21(12-33-13-23)18-4-5-26-24(11-18)30(39-38-26)31-36-27-15-34-14-25(29(27)37-31)20-7-19(8-22(32)9-20)17(3)40-44(42)43/h4-5,7-17,44H,6H2,1-3H3,(H,35,41)(H,36,37)(H,38,39)(H,40,42,43). The highest BCUT2D eigenvalue weighted by molar-refractivity contribution is 7.70. The zero-order valence-corrected chi connectivity index (χ0v) is 24.9. The van der Waals surface area contributed by atoms with Crippen molar-refractivity contribution in [3.8, 4) is 33.8 Å². The van der Waals surface area contributed by atoms with Gasteiger partial charge < -0.3 is 10.3 Å². The summed E-state index contributed by atoms with van der Waals surface area (Å²) in [5.41, 5.74) is 6.43. The Balaban J connectivity index is 1.37. The van der Waals surface area contributed by atoms with Crippen LogP contribution >= 0.6 is 0 Å². The summed E-state index contributed by atoms with van der Waals surface area (Å²) in [5.74, 6) is 0.156. The Labute approximate surface area is 253 Å². The van der Waals surface area contributed by atoms with Gasteiger partial charge in [0.05, 0.1) is 34.6 Å².